The second-order valence-corrected chi connectivity index (χ2v) is 7.21. The Morgan fingerprint density at radius 2 is 1.81 bits per heavy atom. The van der Waals surface area contributed by atoms with E-state index in [1.165, 1.54) is 11.3 Å². The van der Waals surface area contributed by atoms with E-state index in [-0.39, 0.29) is 11.6 Å². The first-order valence-electron chi connectivity index (χ1n) is 8.19. The number of nitrogens with zero attached hydrogens (tertiary/aromatic N) is 1. The third kappa shape index (κ3) is 3.55. The number of nitrogen functional groups attached to an aromatic ring is 1. The van der Waals surface area contributed by atoms with Crippen LogP contribution in [-0.4, -0.2) is 17.9 Å². The molecule has 0 bridgehead atoms. The molecule has 3 rings (SSSR count). The molecule has 1 aromatic heterocycles. The molecule has 0 unspecified atom stereocenters. The van der Waals surface area contributed by atoms with Crippen molar-refractivity contribution in [2.24, 2.45) is 0 Å². The number of ketones is 1. The molecule has 0 saturated heterocycles. The molecule has 0 aliphatic rings. The highest BCUT2D eigenvalue weighted by molar-refractivity contribution is 7.18. The lowest BCUT2D eigenvalue weighted by Crippen LogP contribution is -2.04. The van der Waals surface area contributed by atoms with Crippen molar-refractivity contribution in [1.82, 2.24) is 4.98 Å². The molecule has 0 saturated carbocycles. The number of rotatable bonds is 5. The fraction of sp³-hybridized carbons (Fsp3) is 0.200. The van der Waals surface area contributed by atoms with Gasteiger partial charge in [0.05, 0.1) is 12.8 Å². The maximum absolute atomic E-state index is 12.9. The Labute approximate surface area is 156 Å². The predicted molar refractivity (Wildman–Crippen MR) is 107 cm³/mol. The lowest BCUT2D eigenvalue weighted by molar-refractivity contribution is 0.104. The van der Waals surface area contributed by atoms with Crippen molar-refractivity contribution in [3.63, 3.8) is 0 Å². The van der Waals surface area contributed by atoms with Gasteiger partial charge in [0, 0.05) is 5.56 Å². The minimum atomic E-state index is -0.109. The number of carbonyl (C=O) groups is 1. The third-order valence-corrected chi connectivity index (χ3v) is 5.07. The second-order valence-electron chi connectivity index (χ2n) is 6.21. The zero-order valence-electron chi connectivity index (χ0n) is 15.2. The maximum Gasteiger partial charge on any atom is 0.207 e. The van der Waals surface area contributed by atoms with Gasteiger partial charge in [-0.2, -0.15) is 0 Å². The molecule has 0 aliphatic carbocycles. The average Bonchev–Trinajstić information content (AvgIpc) is 2.95. The molecular weight excluding hydrogens is 346 g/mol. The normalized spacial score (nSPS) is 10.6. The molecule has 26 heavy (non-hydrogen) atoms. The summed E-state index contributed by atoms with van der Waals surface area (Å²) in [5.41, 5.74) is 10.6. The first-order chi connectivity index (χ1) is 12.4. The van der Waals surface area contributed by atoms with Gasteiger partial charge < -0.3 is 15.8 Å². The summed E-state index contributed by atoms with van der Waals surface area (Å²) in [6, 6.07) is 11.6. The van der Waals surface area contributed by atoms with Crippen LogP contribution in [0.1, 0.15) is 31.9 Å². The Morgan fingerprint density at radius 1 is 1.12 bits per heavy atom. The van der Waals surface area contributed by atoms with Crippen molar-refractivity contribution >= 4 is 33.8 Å². The van der Waals surface area contributed by atoms with Gasteiger partial charge in [-0.25, -0.2) is 4.98 Å². The van der Waals surface area contributed by atoms with E-state index in [0.29, 0.717) is 21.3 Å². The monoisotopic (exact) mass is 367 g/mol. The molecule has 0 aliphatic heterocycles. The number of ether oxygens (including phenoxy) is 1. The van der Waals surface area contributed by atoms with E-state index in [0.717, 1.165) is 22.4 Å². The molecule has 0 atom stereocenters. The number of anilines is 3. The molecule has 2 aromatic carbocycles. The van der Waals surface area contributed by atoms with Crippen LogP contribution < -0.4 is 15.8 Å². The van der Waals surface area contributed by atoms with Crippen LogP contribution in [0, 0.1) is 20.8 Å². The average molecular weight is 367 g/mol. The van der Waals surface area contributed by atoms with E-state index >= 15 is 0 Å². The number of thiazole rings is 1. The highest BCUT2D eigenvalue weighted by Gasteiger charge is 2.20. The fourth-order valence-corrected chi connectivity index (χ4v) is 3.62. The second kappa shape index (κ2) is 7.17. The minimum absolute atomic E-state index is 0.109. The topological polar surface area (TPSA) is 77.2 Å². The van der Waals surface area contributed by atoms with Gasteiger partial charge in [0.15, 0.2) is 5.13 Å². The molecule has 0 fully saturated rings. The van der Waals surface area contributed by atoms with E-state index in [2.05, 4.69) is 10.3 Å². The van der Waals surface area contributed by atoms with Gasteiger partial charge in [0.2, 0.25) is 5.78 Å². The lowest BCUT2D eigenvalue weighted by atomic mass is 10.0. The van der Waals surface area contributed by atoms with Crippen molar-refractivity contribution < 1.29 is 9.53 Å². The summed E-state index contributed by atoms with van der Waals surface area (Å²) in [5.74, 6) is 0.822. The van der Waals surface area contributed by atoms with Crippen molar-refractivity contribution in [1.29, 1.82) is 0 Å². The van der Waals surface area contributed by atoms with E-state index in [1.54, 1.807) is 7.11 Å². The van der Waals surface area contributed by atoms with Crippen LogP contribution >= 0.6 is 11.3 Å². The van der Waals surface area contributed by atoms with Crippen molar-refractivity contribution in [2.75, 3.05) is 18.2 Å². The number of benzene rings is 2. The quantitative estimate of drug-likeness (QED) is 0.643. The summed E-state index contributed by atoms with van der Waals surface area (Å²) in [4.78, 5) is 17.6. The molecule has 5 nitrogen and oxygen atoms in total. The van der Waals surface area contributed by atoms with Crippen LogP contribution in [0.4, 0.5) is 16.6 Å². The number of hydrogen-bond acceptors (Lipinski definition) is 6. The Balaban J connectivity index is 1.92. The highest BCUT2D eigenvalue weighted by atomic mass is 32.1. The Kier molecular flexibility index (Phi) is 4.95. The van der Waals surface area contributed by atoms with Crippen LogP contribution in [-0.2, 0) is 0 Å². The van der Waals surface area contributed by atoms with Crippen LogP contribution in [0.2, 0.25) is 0 Å². The summed E-state index contributed by atoms with van der Waals surface area (Å²) in [6.07, 6.45) is 0. The van der Waals surface area contributed by atoms with Crippen LogP contribution in [0.15, 0.2) is 36.4 Å². The van der Waals surface area contributed by atoms with Gasteiger partial charge in [-0.05, 0) is 44.0 Å². The number of aromatic nitrogens is 1. The Hall–Kier alpha value is -2.86. The van der Waals surface area contributed by atoms with Crippen LogP contribution in [0.5, 0.6) is 5.75 Å². The molecule has 134 valence electrons. The van der Waals surface area contributed by atoms with Crippen molar-refractivity contribution in [2.45, 2.75) is 20.8 Å². The third-order valence-electron chi connectivity index (χ3n) is 4.08. The molecule has 1 heterocycles. The van der Waals surface area contributed by atoms with E-state index in [9.17, 15) is 4.79 Å². The largest absolute Gasteiger partial charge is 0.495 e. The number of carbonyl (C=O) groups excluding carboxylic acids is 1. The number of nitrogens with one attached hydrogen (secondary N) is 1. The van der Waals surface area contributed by atoms with Crippen LogP contribution in [0.3, 0.4) is 0 Å². The van der Waals surface area contributed by atoms with Gasteiger partial charge in [-0.1, -0.05) is 41.2 Å². The van der Waals surface area contributed by atoms with Gasteiger partial charge in [0.1, 0.15) is 16.4 Å². The summed E-state index contributed by atoms with van der Waals surface area (Å²) in [6.45, 7) is 5.92. The Morgan fingerprint density at radius 3 is 2.50 bits per heavy atom. The summed E-state index contributed by atoms with van der Waals surface area (Å²) in [5, 5.41) is 3.76. The zero-order valence-corrected chi connectivity index (χ0v) is 16.0. The van der Waals surface area contributed by atoms with E-state index < -0.39 is 0 Å². The van der Waals surface area contributed by atoms with Crippen molar-refractivity contribution in [3.8, 4) is 5.75 Å². The highest BCUT2D eigenvalue weighted by Crippen LogP contribution is 2.34. The summed E-state index contributed by atoms with van der Waals surface area (Å²) < 4.78 is 5.37. The number of aryl methyl sites for hydroxylation is 3. The maximum atomic E-state index is 12.9. The smallest absolute Gasteiger partial charge is 0.207 e. The van der Waals surface area contributed by atoms with Gasteiger partial charge >= 0.3 is 0 Å². The molecule has 3 N–H and O–H groups in total. The first kappa shape index (κ1) is 17.9. The van der Waals surface area contributed by atoms with Crippen LogP contribution in [0.25, 0.3) is 0 Å². The summed E-state index contributed by atoms with van der Waals surface area (Å²) >= 11 is 1.24. The Bertz CT molecular complexity index is 979. The molecule has 0 amide bonds. The number of methoxy groups -OCH3 is 1. The van der Waals surface area contributed by atoms with Crippen molar-refractivity contribution in [3.05, 3.63) is 63.5 Å². The molecule has 3 aromatic rings. The molecule has 0 radical (unpaired) electrons. The minimum Gasteiger partial charge on any atom is -0.495 e. The number of nitrogens with two attached hydrogens (primary N) is 1. The molecular formula is C20H21N3O2S. The SMILES string of the molecule is COc1ccc(C)cc1Nc1nc(N)c(C(=O)c2ccc(C)cc2C)s1. The van der Waals surface area contributed by atoms with Gasteiger partial charge in [-0.3, -0.25) is 4.79 Å². The molecule has 6 heteroatoms. The predicted octanol–water partition coefficient (Wildman–Crippen LogP) is 4.63. The van der Waals surface area contributed by atoms with Gasteiger partial charge in [0.25, 0.3) is 0 Å². The first-order valence-corrected chi connectivity index (χ1v) is 9.00. The molecule has 0 spiro atoms. The van der Waals surface area contributed by atoms with Gasteiger partial charge in [-0.15, -0.1) is 0 Å². The fourth-order valence-electron chi connectivity index (χ4n) is 2.77. The summed E-state index contributed by atoms with van der Waals surface area (Å²) in [7, 11) is 1.61. The zero-order chi connectivity index (χ0) is 18.8. The number of hydrogen-bond donors (Lipinski definition) is 2. The van der Waals surface area contributed by atoms with E-state index in [4.69, 9.17) is 10.5 Å². The lowest BCUT2D eigenvalue weighted by Gasteiger charge is -2.09. The standard InChI is InChI=1S/C20H21N3O2S/c1-11-5-7-14(13(3)9-11)17(24)18-19(21)23-20(26-18)22-15-10-12(2)6-8-16(15)25-4/h5-10H,21H2,1-4H3,(H,22,23). The van der Waals surface area contributed by atoms with E-state index in [1.807, 2.05) is 57.2 Å².